The average Bonchev–Trinajstić information content (AvgIpc) is 2.33. The van der Waals surface area contributed by atoms with Crippen LogP contribution in [-0.4, -0.2) is 11.2 Å². The van der Waals surface area contributed by atoms with E-state index in [0.717, 1.165) is 11.4 Å². The van der Waals surface area contributed by atoms with Crippen LogP contribution in [0, 0.1) is 6.92 Å². The van der Waals surface area contributed by atoms with Gasteiger partial charge in [0, 0.05) is 23.5 Å². The molecule has 0 bridgehead atoms. The van der Waals surface area contributed by atoms with Crippen LogP contribution < -0.4 is 16.0 Å². The fourth-order valence-electron chi connectivity index (χ4n) is 1.77. The minimum atomic E-state index is -0.00817. The van der Waals surface area contributed by atoms with Gasteiger partial charge in [0.05, 0.1) is 6.54 Å². The molecule has 0 fully saturated rings. The number of aromatic nitrogens is 1. The Balaban J connectivity index is 1.99. The lowest BCUT2D eigenvalue weighted by Gasteiger charge is -2.10. The normalized spacial score (nSPS) is 10.3. The zero-order valence-electron chi connectivity index (χ0n) is 10.3. The van der Waals surface area contributed by atoms with Gasteiger partial charge in [0.2, 0.25) is 0 Å². The maximum atomic E-state index is 11.6. The number of pyridine rings is 1. The Morgan fingerprint density at radius 3 is 2.72 bits per heavy atom. The molecule has 0 aliphatic carbocycles. The molecule has 0 radical (unpaired) electrons. The fraction of sp³-hybridized carbons (Fsp3) is 0.214. The maximum absolute atomic E-state index is 11.6. The van der Waals surface area contributed by atoms with Gasteiger partial charge in [-0.1, -0.05) is 12.1 Å². The number of nitrogens with zero attached hydrogens (tertiary/aromatic N) is 1. The number of nitrogens with two attached hydrogens (primary N) is 1. The number of anilines is 1. The minimum Gasteiger partial charge on any atom is -0.492 e. The van der Waals surface area contributed by atoms with Gasteiger partial charge < -0.3 is 15.0 Å². The van der Waals surface area contributed by atoms with Gasteiger partial charge >= 0.3 is 0 Å². The number of aryl methyl sites for hydroxylation is 1. The molecule has 1 aromatic heterocycles. The Kier molecular flexibility index (Phi) is 3.67. The maximum Gasteiger partial charge on any atom is 0.250 e. The first-order chi connectivity index (χ1) is 8.66. The van der Waals surface area contributed by atoms with E-state index >= 15 is 0 Å². The van der Waals surface area contributed by atoms with E-state index in [1.54, 1.807) is 28.8 Å². The first kappa shape index (κ1) is 12.2. The van der Waals surface area contributed by atoms with Crippen LogP contribution in [0.1, 0.15) is 5.69 Å². The molecule has 0 unspecified atom stereocenters. The summed E-state index contributed by atoms with van der Waals surface area (Å²) in [5.74, 6) is 0.719. The van der Waals surface area contributed by atoms with E-state index in [4.69, 9.17) is 10.5 Å². The quantitative estimate of drug-likeness (QED) is 0.835. The molecule has 0 saturated heterocycles. The molecular formula is C14H16N2O2. The zero-order valence-corrected chi connectivity index (χ0v) is 10.3. The predicted octanol–water partition coefficient (Wildman–Crippen LogP) is 1.82. The van der Waals surface area contributed by atoms with Crippen LogP contribution in [0.3, 0.4) is 0 Å². The van der Waals surface area contributed by atoms with Gasteiger partial charge in [-0.05, 0) is 25.1 Å². The summed E-state index contributed by atoms with van der Waals surface area (Å²) in [7, 11) is 0. The lowest BCUT2D eigenvalue weighted by Crippen LogP contribution is -2.23. The summed E-state index contributed by atoms with van der Waals surface area (Å²) in [4.78, 5) is 11.6. The second-order valence-corrected chi connectivity index (χ2v) is 4.08. The molecule has 4 nitrogen and oxygen atoms in total. The van der Waals surface area contributed by atoms with Gasteiger partial charge in [-0.15, -0.1) is 0 Å². The third-order valence-corrected chi connectivity index (χ3v) is 2.71. The minimum absolute atomic E-state index is 0.00817. The van der Waals surface area contributed by atoms with Crippen LogP contribution in [0.5, 0.6) is 5.75 Å². The molecule has 18 heavy (non-hydrogen) atoms. The largest absolute Gasteiger partial charge is 0.492 e. The van der Waals surface area contributed by atoms with Gasteiger partial charge in [0.25, 0.3) is 5.56 Å². The van der Waals surface area contributed by atoms with E-state index < -0.39 is 0 Å². The number of nitrogen functional groups attached to an aromatic ring is 1. The topological polar surface area (TPSA) is 57.2 Å². The third kappa shape index (κ3) is 2.91. The number of benzene rings is 1. The fourth-order valence-corrected chi connectivity index (χ4v) is 1.77. The highest BCUT2D eigenvalue weighted by Gasteiger charge is 2.00. The molecule has 0 aliphatic heterocycles. The van der Waals surface area contributed by atoms with E-state index in [2.05, 4.69) is 0 Å². The molecule has 4 heteroatoms. The number of rotatable bonds is 4. The second kappa shape index (κ2) is 5.40. The first-order valence-corrected chi connectivity index (χ1v) is 5.81. The standard InChI is InChI=1S/C14H16N2O2/c1-11-4-2-7-14(17)16(11)8-9-18-13-6-3-5-12(15)10-13/h2-7,10H,8-9,15H2,1H3. The summed E-state index contributed by atoms with van der Waals surface area (Å²) in [5.41, 5.74) is 7.24. The van der Waals surface area contributed by atoms with Crippen molar-refractivity contribution in [1.29, 1.82) is 0 Å². The van der Waals surface area contributed by atoms with Crippen molar-refractivity contribution in [2.45, 2.75) is 13.5 Å². The predicted molar refractivity (Wildman–Crippen MR) is 71.8 cm³/mol. The molecule has 0 aliphatic rings. The highest BCUT2D eigenvalue weighted by Crippen LogP contribution is 2.14. The summed E-state index contributed by atoms with van der Waals surface area (Å²) in [5, 5.41) is 0. The van der Waals surface area contributed by atoms with E-state index in [1.165, 1.54) is 0 Å². The smallest absolute Gasteiger partial charge is 0.250 e. The Morgan fingerprint density at radius 1 is 1.22 bits per heavy atom. The Hall–Kier alpha value is -2.23. The molecule has 94 valence electrons. The molecule has 0 spiro atoms. The molecule has 2 N–H and O–H groups in total. The van der Waals surface area contributed by atoms with Crippen LogP contribution in [0.25, 0.3) is 0 Å². The zero-order chi connectivity index (χ0) is 13.0. The number of hydrogen-bond acceptors (Lipinski definition) is 3. The van der Waals surface area contributed by atoms with Gasteiger partial charge in [-0.2, -0.15) is 0 Å². The van der Waals surface area contributed by atoms with Crippen molar-refractivity contribution in [3.05, 3.63) is 58.5 Å². The first-order valence-electron chi connectivity index (χ1n) is 5.81. The SMILES string of the molecule is Cc1cccc(=O)n1CCOc1cccc(N)c1. The summed E-state index contributed by atoms with van der Waals surface area (Å²) in [6, 6.07) is 12.5. The van der Waals surface area contributed by atoms with E-state index in [0.29, 0.717) is 18.8 Å². The summed E-state index contributed by atoms with van der Waals surface area (Å²) < 4.78 is 7.25. The second-order valence-electron chi connectivity index (χ2n) is 4.08. The summed E-state index contributed by atoms with van der Waals surface area (Å²) >= 11 is 0. The molecule has 1 heterocycles. The molecule has 0 amide bonds. The van der Waals surface area contributed by atoms with Crippen LogP contribution in [0.4, 0.5) is 5.69 Å². The number of ether oxygens (including phenoxy) is 1. The van der Waals surface area contributed by atoms with Gasteiger partial charge in [-0.3, -0.25) is 4.79 Å². The van der Waals surface area contributed by atoms with Crippen molar-refractivity contribution in [2.24, 2.45) is 0 Å². The highest BCUT2D eigenvalue weighted by molar-refractivity contribution is 5.43. The molecule has 0 atom stereocenters. The molecule has 2 rings (SSSR count). The van der Waals surface area contributed by atoms with Crippen molar-refractivity contribution in [2.75, 3.05) is 12.3 Å². The van der Waals surface area contributed by atoms with Gasteiger partial charge in [0.15, 0.2) is 0 Å². The monoisotopic (exact) mass is 244 g/mol. The molecule has 1 aromatic carbocycles. The number of hydrogen-bond donors (Lipinski definition) is 1. The van der Waals surface area contributed by atoms with Crippen molar-refractivity contribution >= 4 is 5.69 Å². The lowest BCUT2D eigenvalue weighted by atomic mass is 10.3. The molecular weight excluding hydrogens is 228 g/mol. The Morgan fingerprint density at radius 2 is 2.00 bits per heavy atom. The Bertz CT molecular complexity index is 590. The third-order valence-electron chi connectivity index (χ3n) is 2.71. The summed E-state index contributed by atoms with van der Waals surface area (Å²) in [6.07, 6.45) is 0. The van der Waals surface area contributed by atoms with Crippen LogP contribution in [0.15, 0.2) is 47.3 Å². The van der Waals surface area contributed by atoms with E-state index in [9.17, 15) is 4.79 Å². The lowest BCUT2D eigenvalue weighted by molar-refractivity contribution is 0.295. The van der Waals surface area contributed by atoms with E-state index in [-0.39, 0.29) is 5.56 Å². The van der Waals surface area contributed by atoms with Gasteiger partial charge in [-0.25, -0.2) is 0 Å². The van der Waals surface area contributed by atoms with Crippen molar-refractivity contribution in [1.82, 2.24) is 4.57 Å². The van der Waals surface area contributed by atoms with Gasteiger partial charge in [0.1, 0.15) is 12.4 Å². The van der Waals surface area contributed by atoms with Crippen LogP contribution in [0.2, 0.25) is 0 Å². The van der Waals surface area contributed by atoms with E-state index in [1.807, 2.05) is 25.1 Å². The van der Waals surface area contributed by atoms with Crippen LogP contribution >= 0.6 is 0 Å². The summed E-state index contributed by atoms with van der Waals surface area (Å²) in [6.45, 7) is 2.87. The van der Waals surface area contributed by atoms with Crippen LogP contribution in [-0.2, 0) is 6.54 Å². The van der Waals surface area contributed by atoms with Crippen molar-refractivity contribution in [3.63, 3.8) is 0 Å². The van der Waals surface area contributed by atoms with Crippen molar-refractivity contribution < 1.29 is 4.74 Å². The molecule has 0 saturated carbocycles. The Labute approximate surface area is 106 Å². The van der Waals surface area contributed by atoms with Crippen molar-refractivity contribution in [3.8, 4) is 5.75 Å². The molecule has 2 aromatic rings. The average molecular weight is 244 g/mol. The highest BCUT2D eigenvalue weighted by atomic mass is 16.5.